The fourth-order valence-corrected chi connectivity index (χ4v) is 8.66. The molecule has 16 heteroatoms. The Hall–Kier alpha value is -5.74. The van der Waals surface area contributed by atoms with Gasteiger partial charge in [-0.05, 0) is 89.1 Å². The highest BCUT2D eigenvalue weighted by molar-refractivity contribution is 6.06. The van der Waals surface area contributed by atoms with Crippen LogP contribution in [0.15, 0.2) is 42.7 Å². The van der Waals surface area contributed by atoms with E-state index in [0.29, 0.717) is 41.2 Å². The smallest absolute Gasteiger partial charge is 0.233 e. The Balaban J connectivity index is 0.914. The SMILES string of the molecule is C[C@@H]1CCc2cc(-c3ccc4c(n3)CCC(=O)N4c3n[nH]c4nc(N5CCC(C)(N)CC5)cnc34)ccc2N1c1n[nH]c2nc(N3CCC(C)(N)CC3)cnc12. The van der Waals surface area contributed by atoms with Gasteiger partial charge in [-0.2, -0.15) is 10.2 Å². The topological polar surface area (TPSA) is 204 Å². The number of fused-ring (bicyclic) bond motifs is 4. The molecular formula is C40H47N15O. The fraction of sp³-hybridized carbons (Fsp3) is 0.450. The summed E-state index contributed by atoms with van der Waals surface area (Å²) in [6, 6.07) is 10.7. The minimum absolute atomic E-state index is 0.0509. The van der Waals surface area contributed by atoms with E-state index in [0.717, 1.165) is 110 Å². The highest BCUT2D eigenvalue weighted by Gasteiger charge is 2.34. The molecule has 1 aromatic carbocycles. The van der Waals surface area contributed by atoms with Crippen LogP contribution in [0.25, 0.3) is 33.6 Å². The number of H-pyrrole nitrogens is 2. The number of rotatable bonds is 5. The number of carbonyl (C=O) groups is 1. The Kier molecular flexibility index (Phi) is 8.01. The summed E-state index contributed by atoms with van der Waals surface area (Å²) in [5.74, 6) is 2.79. The number of piperidine rings is 2. The van der Waals surface area contributed by atoms with E-state index in [2.05, 4.69) is 69.0 Å². The van der Waals surface area contributed by atoms with E-state index < -0.39 is 0 Å². The van der Waals surface area contributed by atoms with Crippen LogP contribution in [0.2, 0.25) is 0 Å². The minimum Gasteiger partial charge on any atom is -0.355 e. The van der Waals surface area contributed by atoms with Gasteiger partial charge in [0, 0.05) is 67.4 Å². The molecule has 56 heavy (non-hydrogen) atoms. The molecule has 288 valence electrons. The lowest BCUT2D eigenvalue weighted by molar-refractivity contribution is -0.118. The first-order valence-electron chi connectivity index (χ1n) is 19.8. The van der Waals surface area contributed by atoms with Crippen LogP contribution in [-0.2, 0) is 17.6 Å². The van der Waals surface area contributed by atoms with E-state index >= 15 is 0 Å². The molecule has 0 bridgehead atoms. The summed E-state index contributed by atoms with van der Waals surface area (Å²) in [6.45, 7) is 9.78. The van der Waals surface area contributed by atoms with Crippen LogP contribution >= 0.6 is 0 Å². The molecule has 2 saturated heterocycles. The molecule has 1 atom stereocenters. The highest BCUT2D eigenvalue weighted by atomic mass is 16.2. The molecule has 0 spiro atoms. The van der Waals surface area contributed by atoms with Gasteiger partial charge in [0.15, 0.2) is 34.0 Å². The number of aryl methyl sites for hydroxylation is 2. The van der Waals surface area contributed by atoms with Gasteiger partial charge >= 0.3 is 0 Å². The van der Waals surface area contributed by atoms with Gasteiger partial charge < -0.3 is 26.2 Å². The number of amides is 1. The zero-order valence-corrected chi connectivity index (χ0v) is 32.1. The molecule has 6 aromatic rings. The van der Waals surface area contributed by atoms with Crippen LogP contribution in [-0.4, -0.2) is 94.5 Å². The van der Waals surface area contributed by atoms with E-state index in [-0.39, 0.29) is 23.0 Å². The number of hydrogen-bond acceptors (Lipinski definition) is 13. The van der Waals surface area contributed by atoms with Crippen LogP contribution < -0.4 is 31.1 Å². The number of hydrogen-bond donors (Lipinski definition) is 4. The van der Waals surface area contributed by atoms with Crippen LogP contribution in [0.3, 0.4) is 0 Å². The fourth-order valence-electron chi connectivity index (χ4n) is 8.66. The monoisotopic (exact) mass is 753 g/mol. The van der Waals surface area contributed by atoms with Crippen molar-refractivity contribution in [3.05, 3.63) is 54.0 Å². The Morgan fingerprint density at radius 3 is 1.96 bits per heavy atom. The number of anilines is 6. The maximum Gasteiger partial charge on any atom is 0.233 e. The van der Waals surface area contributed by atoms with Crippen molar-refractivity contribution in [1.82, 2.24) is 45.3 Å². The van der Waals surface area contributed by atoms with E-state index in [1.54, 1.807) is 11.1 Å². The number of benzene rings is 1. The molecule has 9 heterocycles. The van der Waals surface area contributed by atoms with Crippen LogP contribution in [0.5, 0.6) is 0 Å². The number of nitrogens with one attached hydrogen (secondary N) is 2. The molecule has 6 N–H and O–H groups in total. The molecule has 2 fully saturated rings. The maximum atomic E-state index is 13.5. The lowest BCUT2D eigenvalue weighted by atomic mass is 9.91. The summed E-state index contributed by atoms with van der Waals surface area (Å²) in [5.41, 5.74) is 20.7. The zero-order valence-electron chi connectivity index (χ0n) is 32.1. The molecule has 0 aliphatic carbocycles. The van der Waals surface area contributed by atoms with Crippen molar-refractivity contribution >= 4 is 62.9 Å². The molecule has 0 saturated carbocycles. The molecule has 4 aliphatic rings. The average Bonchev–Trinajstić information content (AvgIpc) is 3.81. The molecule has 16 nitrogen and oxygen atoms in total. The average molecular weight is 754 g/mol. The van der Waals surface area contributed by atoms with E-state index in [4.69, 9.17) is 41.5 Å². The second kappa shape index (κ2) is 12.9. The first-order valence-corrected chi connectivity index (χ1v) is 19.8. The maximum absolute atomic E-state index is 13.5. The van der Waals surface area contributed by atoms with Gasteiger partial charge in [-0.25, -0.2) is 19.9 Å². The molecule has 0 radical (unpaired) electrons. The van der Waals surface area contributed by atoms with Crippen molar-refractivity contribution in [1.29, 1.82) is 0 Å². The van der Waals surface area contributed by atoms with Crippen LogP contribution in [0.1, 0.15) is 70.6 Å². The van der Waals surface area contributed by atoms with E-state index in [1.165, 1.54) is 5.56 Å². The van der Waals surface area contributed by atoms with Gasteiger partial charge in [0.2, 0.25) is 5.91 Å². The lowest BCUT2D eigenvalue weighted by Crippen LogP contribution is -2.48. The Labute approximate surface area is 324 Å². The van der Waals surface area contributed by atoms with Crippen molar-refractivity contribution < 1.29 is 4.79 Å². The summed E-state index contributed by atoms with van der Waals surface area (Å²) in [6.07, 6.45) is 9.97. The van der Waals surface area contributed by atoms with Crippen molar-refractivity contribution in [2.45, 2.75) is 89.3 Å². The van der Waals surface area contributed by atoms with Crippen molar-refractivity contribution in [3.8, 4) is 11.3 Å². The number of nitrogens with two attached hydrogens (primary N) is 2. The third-order valence-corrected chi connectivity index (χ3v) is 12.3. The van der Waals surface area contributed by atoms with Crippen molar-refractivity contribution in [2.24, 2.45) is 11.5 Å². The van der Waals surface area contributed by atoms with Gasteiger partial charge in [-0.1, -0.05) is 6.07 Å². The van der Waals surface area contributed by atoms with Crippen molar-refractivity contribution in [3.63, 3.8) is 0 Å². The zero-order chi connectivity index (χ0) is 38.3. The quantitative estimate of drug-likeness (QED) is 0.187. The number of nitrogens with zero attached hydrogens (tertiary/aromatic N) is 11. The molecule has 1 amide bonds. The minimum atomic E-state index is -0.162. The Bertz CT molecular complexity index is 2480. The summed E-state index contributed by atoms with van der Waals surface area (Å²) in [5, 5.41) is 15.5. The molecule has 5 aromatic heterocycles. The summed E-state index contributed by atoms with van der Waals surface area (Å²) < 4.78 is 0. The van der Waals surface area contributed by atoms with E-state index in [9.17, 15) is 4.79 Å². The number of carbonyl (C=O) groups excluding carboxylic acids is 1. The normalized spacial score (nSPS) is 20.8. The second-order valence-electron chi connectivity index (χ2n) is 16.7. The predicted molar refractivity (Wildman–Crippen MR) is 217 cm³/mol. The predicted octanol–water partition coefficient (Wildman–Crippen LogP) is 4.80. The summed E-state index contributed by atoms with van der Waals surface area (Å²) >= 11 is 0. The van der Waals surface area contributed by atoms with Gasteiger partial charge in [0.05, 0.1) is 29.5 Å². The van der Waals surface area contributed by atoms with Gasteiger partial charge in [-0.15, -0.1) is 0 Å². The molecule has 4 aliphatic heterocycles. The van der Waals surface area contributed by atoms with Gasteiger partial charge in [-0.3, -0.25) is 24.9 Å². The summed E-state index contributed by atoms with van der Waals surface area (Å²) in [4.78, 5) is 46.4. The number of aromatic nitrogens is 9. The first-order chi connectivity index (χ1) is 27.0. The molecule has 10 rings (SSSR count). The third-order valence-electron chi connectivity index (χ3n) is 12.3. The molecular weight excluding hydrogens is 707 g/mol. The third kappa shape index (κ3) is 5.98. The van der Waals surface area contributed by atoms with Crippen LogP contribution in [0, 0.1) is 0 Å². The van der Waals surface area contributed by atoms with Crippen LogP contribution in [0.4, 0.5) is 34.6 Å². The largest absolute Gasteiger partial charge is 0.355 e. The van der Waals surface area contributed by atoms with Gasteiger partial charge in [0.25, 0.3) is 0 Å². The van der Waals surface area contributed by atoms with E-state index in [1.807, 2.05) is 18.3 Å². The van der Waals surface area contributed by atoms with Crippen molar-refractivity contribution in [2.75, 3.05) is 45.8 Å². The standard InChI is InChI=1S/C40H47N15O/c1-23-4-5-25-20-24(6-9-28(25)54(23)37-33-35(48-50-37)46-30(21-43-33)52-16-12-39(2,41)13-17-52)26-7-10-29-27(45-26)8-11-32(56)55(29)38-34-36(49-51-38)47-31(22-44-34)53-18-14-40(3,42)15-19-53/h6-7,9-10,20-23H,4-5,8,11-19,41-42H2,1-3H3,(H,46,48,50)(H,47,49,51)/t23-/m1/s1. The lowest BCUT2D eigenvalue weighted by Gasteiger charge is -2.37. The summed E-state index contributed by atoms with van der Waals surface area (Å²) in [7, 11) is 0. The Morgan fingerprint density at radius 2 is 1.32 bits per heavy atom. The highest BCUT2D eigenvalue weighted by Crippen LogP contribution is 2.42. The molecule has 0 unspecified atom stereocenters. The van der Waals surface area contributed by atoms with Gasteiger partial charge in [0.1, 0.15) is 11.6 Å². The second-order valence-corrected chi connectivity index (χ2v) is 16.7. The Morgan fingerprint density at radius 1 is 0.732 bits per heavy atom. The number of aromatic amines is 2. The first kappa shape index (κ1) is 34.7. The number of pyridine rings is 1.